The van der Waals surface area contributed by atoms with Crippen LogP contribution in [-0.2, 0) is 4.79 Å². The van der Waals surface area contributed by atoms with Crippen LogP contribution in [0.15, 0.2) is 0 Å². The van der Waals surface area contributed by atoms with Crippen molar-refractivity contribution in [3.05, 3.63) is 0 Å². The quantitative estimate of drug-likeness (QED) is 0.694. The third kappa shape index (κ3) is 4.18. The molecule has 0 aromatic heterocycles. The summed E-state index contributed by atoms with van der Waals surface area (Å²) in [5.41, 5.74) is 0. The number of hydrogen-bond donors (Lipinski definition) is 2. The Morgan fingerprint density at radius 1 is 1.47 bits per heavy atom. The standard InChI is InChI=1S/C11H23N3O/c1-9(11(15)14(2)3)13-8-10-4-6-12-7-5-10/h9-10,12-13H,4-8H2,1-3H3. The minimum absolute atomic E-state index is 0.0603. The van der Waals surface area contributed by atoms with Gasteiger partial charge in [0, 0.05) is 14.1 Å². The molecule has 0 radical (unpaired) electrons. The Hall–Kier alpha value is -0.610. The second-order valence-electron chi connectivity index (χ2n) is 4.56. The molecule has 15 heavy (non-hydrogen) atoms. The Morgan fingerprint density at radius 2 is 2.07 bits per heavy atom. The van der Waals surface area contributed by atoms with Crippen molar-refractivity contribution in [2.24, 2.45) is 5.92 Å². The first-order valence-electron chi connectivity index (χ1n) is 5.76. The molecule has 1 rings (SSSR count). The smallest absolute Gasteiger partial charge is 0.238 e. The highest BCUT2D eigenvalue weighted by Crippen LogP contribution is 2.10. The molecule has 1 amide bonds. The van der Waals surface area contributed by atoms with Gasteiger partial charge in [0.1, 0.15) is 0 Å². The van der Waals surface area contributed by atoms with Crippen molar-refractivity contribution in [3.8, 4) is 0 Å². The lowest BCUT2D eigenvalue weighted by atomic mass is 9.98. The van der Waals surface area contributed by atoms with E-state index < -0.39 is 0 Å². The fourth-order valence-electron chi connectivity index (χ4n) is 1.90. The van der Waals surface area contributed by atoms with E-state index in [1.807, 2.05) is 6.92 Å². The fourth-order valence-corrected chi connectivity index (χ4v) is 1.90. The highest BCUT2D eigenvalue weighted by Gasteiger charge is 2.17. The number of nitrogens with one attached hydrogen (secondary N) is 2. The molecule has 0 bridgehead atoms. The van der Waals surface area contributed by atoms with Crippen molar-refractivity contribution in [3.63, 3.8) is 0 Å². The Bertz CT molecular complexity index is 200. The van der Waals surface area contributed by atoms with Gasteiger partial charge in [0.25, 0.3) is 0 Å². The Balaban J connectivity index is 2.20. The largest absolute Gasteiger partial charge is 0.347 e. The van der Waals surface area contributed by atoms with E-state index in [2.05, 4.69) is 10.6 Å². The van der Waals surface area contributed by atoms with E-state index in [9.17, 15) is 4.79 Å². The number of amides is 1. The van der Waals surface area contributed by atoms with E-state index in [4.69, 9.17) is 0 Å². The Kier molecular flexibility index (Phi) is 5.05. The first-order chi connectivity index (χ1) is 7.11. The number of carbonyl (C=O) groups excluding carboxylic acids is 1. The van der Waals surface area contributed by atoms with Crippen molar-refractivity contribution in [1.82, 2.24) is 15.5 Å². The Morgan fingerprint density at radius 3 is 2.60 bits per heavy atom. The average molecular weight is 213 g/mol. The first kappa shape index (κ1) is 12.5. The molecular weight excluding hydrogens is 190 g/mol. The minimum atomic E-state index is -0.0603. The van der Waals surface area contributed by atoms with Crippen LogP contribution in [0, 0.1) is 5.92 Å². The molecule has 1 saturated heterocycles. The van der Waals surface area contributed by atoms with Gasteiger partial charge in [-0.05, 0) is 45.3 Å². The van der Waals surface area contributed by atoms with E-state index >= 15 is 0 Å². The number of piperidine rings is 1. The van der Waals surface area contributed by atoms with E-state index in [0.717, 1.165) is 25.6 Å². The normalized spacial score (nSPS) is 19.9. The number of carbonyl (C=O) groups is 1. The lowest BCUT2D eigenvalue weighted by Gasteiger charge is -2.25. The van der Waals surface area contributed by atoms with Gasteiger partial charge in [0.15, 0.2) is 0 Å². The fraction of sp³-hybridized carbons (Fsp3) is 0.909. The van der Waals surface area contributed by atoms with Gasteiger partial charge >= 0.3 is 0 Å². The van der Waals surface area contributed by atoms with Gasteiger partial charge in [-0.3, -0.25) is 4.79 Å². The predicted octanol–water partition coefficient (Wildman–Crippen LogP) is 0.0523. The van der Waals surface area contributed by atoms with Crippen LogP contribution in [0.5, 0.6) is 0 Å². The zero-order chi connectivity index (χ0) is 11.3. The third-order valence-corrected chi connectivity index (χ3v) is 2.98. The van der Waals surface area contributed by atoms with Crippen LogP contribution in [-0.4, -0.2) is 50.6 Å². The second kappa shape index (κ2) is 6.08. The minimum Gasteiger partial charge on any atom is -0.347 e. The highest BCUT2D eigenvalue weighted by molar-refractivity contribution is 5.80. The second-order valence-corrected chi connectivity index (χ2v) is 4.56. The van der Waals surface area contributed by atoms with Crippen LogP contribution in [0.4, 0.5) is 0 Å². The highest BCUT2D eigenvalue weighted by atomic mass is 16.2. The van der Waals surface area contributed by atoms with E-state index in [1.54, 1.807) is 19.0 Å². The lowest BCUT2D eigenvalue weighted by Crippen LogP contribution is -2.44. The van der Waals surface area contributed by atoms with Crippen molar-refractivity contribution >= 4 is 5.91 Å². The summed E-state index contributed by atoms with van der Waals surface area (Å²) in [6, 6.07) is -0.0603. The van der Waals surface area contributed by atoms with E-state index in [-0.39, 0.29) is 11.9 Å². The summed E-state index contributed by atoms with van der Waals surface area (Å²) in [6.07, 6.45) is 2.44. The molecule has 0 saturated carbocycles. The number of likely N-dealkylation sites (N-methyl/N-ethyl adjacent to an activating group) is 1. The number of rotatable bonds is 4. The molecule has 1 aliphatic rings. The van der Waals surface area contributed by atoms with E-state index in [1.165, 1.54) is 12.8 Å². The van der Waals surface area contributed by atoms with Crippen LogP contribution >= 0.6 is 0 Å². The topological polar surface area (TPSA) is 44.4 Å². The average Bonchev–Trinajstić information content (AvgIpc) is 2.26. The summed E-state index contributed by atoms with van der Waals surface area (Å²) in [6.45, 7) is 5.12. The molecule has 88 valence electrons. The Labute approximate surface area is 92.4 Å². The summed E-state index contributed by atoms with van der Waals surface area (Å²) in [7, 11) is 3.59. The molecule has 0 aromatic rings. The zero-order valence-corrected chi connectivity index (χ0v) is 10.0. The van der Waals surface area contributed by atoms with Crippen LogP contribution in [0.25, 0.3) is 0 Å². The molecule has 1 heterocycles. The molecule has 1 unspecified atom stereocenters. The summed E-state index contributed by atoms with van der Waals surface area (Å²) in [5.74, 6) is 0.882. The predicted molar refractivity (Wildman–Crippen MR) is 61.8 cm³/mol. The van der Waals surface area contributed by atoms with Crippen molar-refractivity contribution < 1.29 is 4.79 Å². The summed E-state index contributed by atoms with van der Waals surface area (Å²) >= 11 is 0. The monoisotopic (exact) mass is 213 g/mol. The maximum atomic E-state index is 11.6. The summed E-state index contributed by atoms with van der Waals surface area (Å²) in [5, 5.41) is 6.65. The van der Waals surface area contributed by atoms with Crippen molar-refractivity contribution in [1.29, 1.82) is 0 Å². The molecule has 0 spiro atoms. The maximum absolute atomic E-state index is 11.6. The molecule has 4 heteroatoms. The number of hydrogen-bond acceptors (Lipinski definition) is 3. The molecule has 0 aliphatic carbocycles. The maximum Gasteiger partial charge on any atom is 0.238 e. The van der Waals surface area contributed by atoms with Crippen LogP contribution in [0.1, 0.15) is 19.8 Å². The molecule has 2 N–H and O–H groups in total. The SMILES string of the molecule is CC(NCC1CCNCC1)C(=O)N(C)C. The summed E-state index contributed by atoms with van der Waals surface area (Å²) < 4.78 is 0. The van der Waals surface area contributed by atoms with Crippen LogP contribution in [0.3, 0.4) is 0 Å². The summed E-state index contributed by atoms with van der Waals surface area (Å²) in [4.78, 5) is 13.2. The van der Waals surface area contributed by atoms with Gasteiger partial charge in [-0.1, -0.05) is 0 Å². The van der Waals surface area contributed by atoms with Crippen LogP contribution < -0.4 is 10.6 Å². The van der Waals surface area contributed by atoms with Crippen molar-refractivity contribution in [2.75, 3.05) is 33.7 Å². The first-order valence-corrected chi connectivity index (χ1v) is 5.76. The third-order valence-electron chi connectivity index (χ3n) is 2.98. The molecule has 1 aliphatic heterocycles. The van der Waals surface area contributed by atoms with Gasteiger partial charge in [-0.25, -0.2) is 0 Å². The molecular formula is C11H23N3O. The van der Waals surface area contributed by atoms with Gasteiger partial charge < -0.3 is 15.5 Å². The van der Waals surface area contributed by atoms with Gasteiger partial charge in [0.2, 0.25) is 5.91 Å². The molecule has 1 fully saturated rings. The molecule has 1 atom stereocenters. The van der Waals surface area contributed by atoms with E-state index in [0.29, 0.717) is 0 Å². The molecule has 4 nitrogen and oxygen atoms in total. The van der Waals surface area contributed by atoms with Crippen molar-refractivity contribution in [2.45, 2.75) is 25.8 Å². The zero-order valence-electron chi connectivity index (χ0n) is 10.0. The van der Waals surface area contributed by atoms with Gasteiger partial charge in [0.05, 0.1) is 6.04 Å². The van der Waals surface area contributed by atoms with Gasteiger partial charge in [-0.2, -0.15) is 0 Å². The molecule has 0 aromatic carbocycles. The van der Waals surface area contributed by atoms with Gasteiger partial charge in [-0.15, -0.1) is 0 Å². The van der Waals surface area contributed by atoms with Crippen LogP contribution in [0.2, 0.25) is 0 Å². The number of nitrogens with zero attached hydrogens (tertiary/aromatic N) is 1. The lowest BCUT2D eigenvalue weighted by molar-refractivity contribution is -0.130.